The van der Waals surface area contributed by atoms with Gasteiger partial charge in [0.25, 0.3) is 5.56 Å². The highest BCUT2D eigenvalue weighted by atomic mass is 19.3. The number of hydrogen-bond acceptors (Lipinski definition) is 4. The van der Waals surface area contributed by atoms with Gasteiger partial charge in [-0.25, -0.2) is 4.68 Å². The molecule has 22 heavy (non-hydrogen) atoms. The van der Waals surface area contributed by atoms with E-state index >= 15 is 0 Å². The summed E-state index contributed by atoms with van der Waals surface area (Å²) in [6.07, 6.45) is 0. The number of nitriles is 1. The quantitative estimate of drug-likeness (QED) is 0.869. The molecule has 2 aromatic rings. The van der Waals surface area contributed by atoms with Crippen LogP contribution in [-0.4, -0.2) is 16.4 Å². The molecule has 0 spiro atoms. The summed E-state index contributed by atoms with van der Waals surface area (Å²) < 4.78 is 30.3. The topological polar surface area (TPSA) is 67.9 Å². The van der Waals surface area contributed by atoms with Crippen LogP contribution in [0.1, 0.15) is 22.4 Å². The molecule has 1 aromatic carbocycles. The Morgan fingerprint density at radius 1 is 1.36 bits per heavy atom. The summed E-state index contributed by atoms with van der Waals surface area (Å²) in [6, 6.07) is 8.00. The molecular formula is C15H13F2N3O2. The number of para-hydroxylation sites is 1. The molecule has 7 heteroatoms. The van der Waals surface area contributed by atoms with Crippen molar-refractivity contribution in [3.8, 4) is 11.8 Å². The van der Waals surface area contributed by atoms with Crippen LogP contribution in [0, 0.1) is 25.2 Å². The van der Waals surface area contributed by atoms with Crippen molar-refractivity contribution in [1.82, 2.24) is 9.78 Å². The number of hydrogen-bond donors (Lipinski definition) is 0. The molecule has 0 saturated carbocycles. The van der Waals surface area contributed by atoms with Crippen molar-refractivity contribution in [3.05, 3.63) is 57.0 Å². The Morgan fingerprint density at radius 2 is 2.05 bits per heavy atom. The van der Waals surface area contributed by atoms with Gasteiger partial charge in [0.1, 0.15) is 17.4 Å². The predicted octanol–water partition coefficient (Wildman–Crippen LogP) is 2.38. The second kappa shape index (κ2) is 6.35. The Bertz CT molecular complexity index is 794. The average molecular weight is 305 g/mol. The number of aromatic nitrogens is 2. The average Bonchev–Trinajstić information content (AvgIpc) is 2.47. The SMILES string of the molecule is Cc1nn(Cc2ccccc2OC(F)F)c(=O)c(C#N)c1C. The fourth-order valence-corrected chi connectivity index (χ4v) is 2.02. The zero-order valence-electron chi connectivity index (χ0n) is 12.0. The number of halogens is 2. The van der Waals surface area contributed by atoms with Crippen molar-refractivity contribution in [2.45, 2.75) is 27.0 Å². The predicted molar refractivity (Wildman–Crippen MR) is 74.9 cm³/mol. The smallest absolute Gasteiger partial charge is 0.387 e. The van der Waals surface area contributed by atoms with Gasteiger partial charge in [0, 0.05) is 5.56 Å². The maximum absolute atomic E-state index is 12.4. The Kier molecular flexibility index (Phi) is 4.51. The second-order valence-corrected chi connectivity index (χ2v) is 4.65. The van der Waals surface area contributed by atoms with Crippen molar-refractivity contribution < 1.29 is 13.5 Å². The van der Waals surface area contributed by atoms with Crippen LogP contribution in [0.15, 0.2) is 29.1 Å². The van der Waals surface area contributed by atoms with Gasteiger partial charge in [-0.3, -0.25) is 4.79 Å². The molecule has 5 nitrogen and oxygen atoms in total. The summed E-state index contributed by atoms with van der Waals surface area (Å²) in [6.45, 7) is 0.298. The number of nitrogens with zero attached hydrogens (tertiary/aromatic N) is 3. The molecule has 2 rings (SSSR count). The summed E-state index contributed by atoms with van der Waals surface area (Å²) in [7, 11) is 0. The molecule has 0 saturated heterocycles. The standard InChI is InChI=1S/C15H13F2N3O2/c1-9-10(2)19-20(14(21)12(9)7-18)8-11-5-3-4-6-13(11)22-15(16)17/h3-6,15H,8H2,1-2H3. The molecule has 0 fully saturated rings. The molecular weight excluding hydrogens is 292 g/mol. The molecule has 1 aromatic heterocycles. The van der Waals surface area contributed by atoms with E-state index in [0.717, 1.165) is 4.68 Å². The summed E-state index contributed by atoms with van der Waals surface area (Å²) in [5.74, 6) is -0.0251. The van der Waals surface area contributed by atoms with E-state index in [0.29, 0.717) is 16.8 Å². The Hall–Kier alpha value is -2.75. The lowest BCUT2D eigenvalue weighted by molar-refractivity contribution is -0.0505. The summed E-state index contributed by atoms with van der Waals surface area (Å²) in [5.41, 5.74) is 0.867. The molecule has 0 aliphatic heterocycles. The van der Waals surface area contributed by atoms with E-state index < -0.39 is 12.2 Å². The van der Waals surface area contributed by atoms with E-state index in [2.05, 4.69) is 9.84 Å². The third-order valence-electron chi connectivity index (χ3n) is 3.26. The van der Waals surface area contributed by atoms with Crippen molar-refractivity contribution in [2.24, 2.45) is 0 Å². The molecule has 0 bridgehead atoms. The number of benzene rings is 1. The van der Waals surface area contributed by atoms with Gasteiger partial charge in [-0.2, -0.15) is 19.1 Å². The van der Waals surface area contributed by atoms with E-state index in [-0.39, 0.29) is 17.9 Å². The first-order chi connectivity index (χ1) is 10.4. The maximum atomic E-state index is 12.4. The third kappa shape index (κ3) is 3.11. The lowest BCUT2D eigenvalue weighted by Gasteiger charge is -2.12. The van der Waals surface area contributed by atoms with E-state index in [1.807, 2.05) is 6.07 Å². The molecule has 0 amide bonds. The highest BCUT2D eigenvalue weighted by Gasteiger charge is 2.14. The highest BCUT2D eigenvalue weighted by molar-refractivity contribution is 5.37. The third-order valence-corrected chi connectivity index (χ3v) is 3.26. The molecule has 0 N–H and O–H groups in total. The van der Waals surface area contributed by atoms with Gasteiger partial charge >= 0.3 is 6.61 Å². The van der Waals surface area contributed by atoms with Crippen LogP contribution < -0.4 is 10.3 Å². The molecule has 0 unspecified atom stereocenters. The number of aryl methyl sites for hydroxylation is 1. The van der Waals surface area contributed by atoms with Crippen molar-refractivity contribution >= 4 is 0 Å². The van der Waals surface area contributed by atoms with Crippen LogP contribution in [-0.2, 0) is 6.54 Å². The molecule has 114 valence electrons. The molecule has 0 aliphatic rings. The second-order valence-electron chi connectivity index (χ2n) is 4.65. The first-order valence-corrected chi connectivity index (χ1v) is 6.45. The fraction of sp³-hybridized carbons (Fsp3) is 0.267. The minimum atomic E-state index is -2.96. The fourth-order valence-electron chi connectivity index (χ4n) is 2.02. The molecule has 0 aliphatic carbocycles. The molecule has 1 heterocycles. The first-order valence-electron chi connectivity index (χ1n) is 6.45. The van der Waals surface area contributed by atoms with Crippen LogP contribution in [0.5, 0.6) is 5.75 Å². The minimum absolute atomic E-state index is 0.000223. The Morgan fingerprint density at radius 3 is 2.68 bits per heavy atom. The van der Waals surface area contributed by atoms with E-state index in [9.17, 15) is 13.6 Å². The van der Waals surface area contributed by atoms with Gasteiger partial charge in [0.2, 0.25) is 0 Å². The number of rotatable bonds is 4. The largest absolute Gasteiger partial charge is 0.434 e. The zero-order valence-corrected chi connectivity index (χ0v) is 12.0. The van der Waals surface area contributed by atoms with Gasteiger partial charge < -0.3 is 4.74 Å². The van der Waals surface area contributed by atoms with E-state index in [1.54, 1.807) is 32.0 Å². The molecule has 0 radical (unpaired) electrons. The van der Waals surface area contributed by atoms with Gasteiger partial charge in [-0.15, -0.1) is 0 Å². The lowest BCUT2D eigenvalue weighted by Crippen LogP contribution is -2.28. The maximum Gasteiger partial charge on any atom is 0.387 e. The lowest BCUT2D eigenvalue weighted by atomic mass is 10.1. The Labute approximate surface area is 125 Å². The summed E-state index contributed by atoms with van der Waals surface area (Å²) in [5, 5.41) is 13.2. The van der Waals surface area contributed by atoms with Gasteiger partial charge in [0.15, 0.2) is 0 Å². The van der Waals surface area contributed by atoms with Crippen LogP contribution in [0.3, 0.4) is 0 Å². The van der Waals surface area contributed by atoms with Gasteiger partial charge in [-0.1, -0.05) is 18.2 Å². The normalized spacial score (nSPS) is 10.5. The van der Waals surface area contributed by atoms with E-state index in [4.69, 9.17) is 5.26 Å². The summed E-state index contributed by atoms with van der Waals surface area (Å²) in [4.78, 5) is 12.2. The zero-order chi connectivity index (χ0) is 16.3. The number of ether oxygens (including phenoxy) is 1. The molecule has 0 atom stereocenters. The van der Waals surface area contributed by atoms with Crippen molar-refractivity contribution in [1.29, 1.82) is 5.26 Å². The van der Waals surface area contributed by atoms with Crippen molar-refractivity contribution in [3.63, 3.8) is 0 Å². The highest BCUT2D eigenvalue weighted by Crippen LogP contribution is 2.20. The summed E-state index contributed by atoms with van der Waals surface area (Å²) >= 11 is 0. The van der Waals surface area contributed by atoms with Crippen LogP contribution in [0.25, 0.3) is 0 Å². The van der Waals surface area contributed by atoms with Crippen LogP contribution >= 0.6 is 0 Å². The van der Waals surface area contributed by atoms with E-state index in [1.165, 1.54) is 6.07 Å². The first kappa shape index (κ1) is 15.6. The van der Waals surface area contributed by atoms with Gasteiger partial charge in [-0.05, 0) is 25.5 Å². The monoisotopic (exact) mass is 305 g/mol. The van der Waals surface area contributed by atoms with Crippen LogP contribution in [0.4, 0.5) is 8.78 Å². The van der Waals surface area contributed by atoms with Crippen molar-refractivity contribution in [2.75, 3.05) is 0 Å². The number of alkyl halides is 2. The minimum Gasteiger partial charge on any atom is -0.434 e. The van der Waals surface area contributed by atoms with Crippen LogP contribution in [0.2, 0.25) is 0 Å². The Balaban J connectivity index is 2.47. The van der Waals surface area contributed by atoms with Gasteiger partial charge in [0.05, 0.1) is 12.2 Å².